The molecule has 2 aromatic heterocycles. The van der Waals surface area contributed by atoms with Crippen LogP contribution in [0.25, 0.3) is 0 Å². The van der Waals surface area contributed by atoms with Crippen LogP contribution < -0.4 is 4.72 Å². The minimum Gasteiger partial charge on any atom is -0.324 e. The Morgan fingerprint density at radius 1 is 1.28 bits per heavy atom. The molecule has 0 aliphatic carbocycles. The molecule has 0 unspecified atom stereocenters. The standard InChI is InChI=1S/C8H7Cl2N5O2S/c1-15-4-13-8(7(15)10)18(16,17)14-6-2-5(9)11-3-12-6/h2-4H,1H3,(H,11,12,14). The van der Waals surface area contributed by atoms with E-state index >= 15 is 0 Å². The molecule has 0 fully saturated rings. The topological polar surface area (TPSA) is 89.8 Å². The maximum atomic E-state index is 12.0. The fourth-order valence-electron chi connectivity index (χ4n) is 1.15. The van der Waals surface area contributed by atoms with Gasteiger partial charge in [-0.3, -0.25) is 4.72 Å². The van der Waals surface area contributed by atoms with Gasteiger partial charge in [0.05, 0.1) is 6.33 Å². The fraction of sp³-hybridized carbons (Fsp3) is 0.125. The quantitative estimate of drug-likeness (QED) is 0.864. The Balaban J connectivity index is 2.36. The van der Waals surface area contributed by atoms with E-state index in [0.29, 0.717) is 0 Å². The number of imidazole rings is 1. The predicted octanol–water partition coefficient (Wildman–Crippen LogP) is 1.32. The van der Waals surface area contributed by atoms with E-state index in [1.165, 1.54) is 17.0 Å². The van der Waals surface area contributed by atoms with Gasteiger partial charge in [-0.2, -0.15) is 8.42 Å². The van der Waals surface area contributed by atoms with Crippen LogP contribution in [0.3, 0.4) is 0 Å². The number of sulfonamides is 1. The molecule has 2 heterocycles. The van der Waals surface area contributed by atoms with Crippen molar-refractivity contribution in [2.45, 2.75) is 5.03 Å². The van der Waals surface area contributed by atoms with E-state index < -0.39 is 10.0 Å². The zero-order valence-corrected chi connectivity index (χ0v) is 11.3. The van der Waals surface area contributed by atoms with Crippen LogP contribution in [-0.4, -0.2) is 27.9 Å². The lowest BCUT2D eigenvalue weighted by Gasteiger charge is -2.05. The van der Waals surface area contributed by atoms with Gasteiger partial charge >= 0.3 is 0 Å². The second-order valence-electron chi connectivity index (χ2n) is 3.28. The molecule has 96 valence electrons. The predicted molar refractivity (Wildman–Crippen MR) is 66.1 cm³/mol. The highest BCUT2D eigenvalue weighted by atomic mass is 35.5. The third kappa shape index (κ3) is 2.55. The average Bonchev–Trinajstić information content (AvgIpc) is 2.59. The largest absolute Gasteiger partial charge is 0.324 e. The molecule has 0 spiro atoms. The van der Waals surface area contributed by atoms with Crippen molar-refractivity contribution in [2.75, 3.05) is 4.72 Å². The molecule has 7 nitrogen and oxygen atoms in total. The van der Waals surface area contributed by atoms with Crippen LogP contribution >= 0.6 is 23.2 Å². The summed E-state index contributed by atoms with van der Waals surface area (Å²) in [4.78, 5) is 11.1. The smallest absolute Gasteiger partial charge is 0.283 e. The number of hydrogen-bond acceptors (Lipinski definition) is 5. The van der Waals surface area contributed by atoms with Gasteiger partial charge in [-0.1, -0.05) is 23.2 Å². The molecule has 0 aliphatic rings. The van der Waals surface area contributed by atoms with Gasteiger partial charge in [0.25, 0.3) is 10.0 Å². The van der Waals surface area contributed by atoms with Gasteiger partial charge in [-0.25, -0.2) is 15.0 Å². The summed E-state index contributed by atoms with van der Waals surface area (Å²) in [5, 5.41) is -0.154. The first-order valence-corrected chi connectivity index (χ1v) is 6.81. The van der Waals surface area contributed by atoms with Crippen molar-refractivity contribution in [1.29, 1.82) is 0 Å². The normalized spacial score (nSPS) is 11.5. The molecule has 0 saturated heterocycles. The van der Waals surface area contributed by atoms with E-state index in [0.717, 1.165) is 6.33 Å². The molecule has 0 aliphatic heterocycles. The molecule has 0 aromatic carbocycles. The van der Waals surface area contributed by atoms with E-state index in [2.05, 4.69) is 19.7 Å². The molecule has 18 heavy (non-hydrogen) atoms. The Morgan fingerprint density at radius 2 is 2.00 bits per heavy atom. The van der Waals surface area contributed by atoms with Crippen LogP contribution in [0.1, 0.15) is 0 Å². The maximum absolute atomic E-state index is 12.0. The van der Waals surface area contributed by atoms with Crippen LogP contribution in [-0.2, 0) is 17.1 Å². The lowest BCUT2D eigenvalue weighted by molar-refractivity contribution is 0.598. The van der Waals surface area contributed by atoms with Gasteiger partial charge in [-0.15, -0.1) is 0 Å². The summed E-state index contributed by atoms with van der Waals surface area (Å²) in [5.74, 6) is 0.0386. The Hall–Kier alpha value is -1.38. The summed E-state index contributed by atoms with van der Waals surface area (Å²) >= 11 is 11.4. The van der Waals surface area contributed by atoms with Crippen molar-refractivity contribution in [3.8, 4) is 0 Å². The Bertz CT molecular complexity index is 685. The van der Waals surface area contributed by atoms with Crippen molar-refractivity contribution in [3.63, 3.8) is 0 Å². The number of nitrogens with one attached hydrogen (secondary N) is 1. The Labute approximate surface area is 113 Å². The van der Waals surface area contributed by atoms with Crippen molar-refractivity contribution in [3.05, 3.63) is 29.0 Å². The van der Waals surface area contributed by atoms with Gasteiger partial charge in [-0.05, 0) is 0 Å². The molecular formula is C8H7Cl2N5O2S. The van der Waals surface area contributed by atoms with E-state index in [1.807, 2.05) is 0 Å². The zero-order valence-electron chi connectivity index (χ0n) is 9.00. The number of rotatable bonds is 3. The van der Waals surface area contributed by atoms with Crippen LogP contribution in [0.2, 0.25) is 10.3 Å². The molecule has 2 rings (SSSR count). The number of anilines is 1. The highest BCUT2D eigenvalue weighted by Gasteiger charge is 2.22. The molecule has 10 heteroatoms. The number of halogens is 2. The number of nitrogens with zero attached hydrogens (tertiary/aromatic N) is 4. The summed E-state index contributed by atoms with van der Waals surface area (Å²) in [6.07, 6.45) is 2.43. The zero-order chi connectivity index (χ0) is 13.3. The number of aromatic nitrogens is 4. The van der Waals surface area contributed by atoms with Crippen molar-refractivity contribution in [1.82, 2.24) is 19.5 Å². The van der Waals surface area contributed by atoms with Crippen LogP contribution in [0.5, 0.6) is 0 Å². The minimum atomic E-state index is -3.90. The van der Waals surface area contributed by atoms with Gasteiger partial charge in [0.1, 0.15) is 22.5 Å². The summed E-state index contributed by atoms with van der Waals surface area (Å²) in [7, 11) is -2.32. The summed E-state index contributed by atoms with van der Waals surface area (Å²) in [6.45, 7) is 0. The highest BCUT2D eigenvalue weighted by Crippen LogP contribution is 2.21. The summed E-state index contributed by atoms with van der Waals surface area (Å²) < 4.78 is 27.5. The first-order valence-electron chi connectivity index (χ1n) is 4.57. The van der Waals surface area contributed by atoms with Crippen LogP contribution in [0.15, 0.2) is 23.7 Å². The Morgan fingerprint density at radius 3 is 2.56 bits per heavy atom. The number of aryl methyl sites for hydroxylation is 1. The monoisotopic (exact) mass is 307 g/mol. The van der Waals surface area contributed by atoms with Crippen LogP contribution in [0.4, 0.5) is 5.82 Å². The second-order valence-corrected chi connectivity index (χ2v) is 5.63. The molecule has 0 bridgehead atoms. The van der Waals surface area contributed by atoms with Gasteiger partial charge < -0.3 is 4.57 Å². The molecule has 2 aromatic rings. The van der Waals surface area contributed by atoms with Crippen LogP contribution in [0, 0.1) is 0 Å². The summed E-state index contributed by atoms with van der Waals surface area (Å²) in [5.41, 5.74) is 0. The molecule has 0 atom stereocenters. The summed E-state index contributed by atoms with van der Waals surface area (Å²) in [6, 6.07) is 1.27. The third-order valence-corrected chi connectivity index (χ3v) is 4.01. The third-order valence-electron chi connectivity index (χ3n) is 1.96. The van der Waals surface area contributed by atoms with E-state index in [9.17, 15) is 8.42 Å². The highest BCUT2D eigenvalue weighted by molar-refractivity contribution is 7.92. The maximum Gasteiger partial charge on any atom is 0.283 e. The molecule has 0 saturated carbocycles. The fourth-order valence-corrected chi connectivity index (χ4v) is 2.73. The minimum absolute atomic E-state index is 0.00246. The Kier molecular flexibility index (Phi) is 3.42. The molecular weight excluding hydrogens is 301 g/mol. The van der Waals surface area contributed by atoms with E-state index in [-0.39, 0.29) is 21.2 Å². The van der Waals surface area contributed by atoms with Crippen molar-refractivity contribution >= 4 is 39.0 Å². The van der Waals surface area contributed by atoms with Gasteiger partial charge in [0.15, 0.2) is 0 Å². The molecule has 0 radical (unpaired) electrons. The number of hydrogen-bond donors (Lipinski definition) is 1. The van der Waals surface area contributed by atoms with Gasteiger partial charge in [0, 0.05) is 13.1 Å². The lowest BCUT2D eigenvalue weighted by Crippen LogP contribution is -2.15. The first kappa shape index (κ1) is 13.1. The second kappa shape index (κ2) is 4.71. The first-order chi connectivity index (χ1) is 8.40. The van der Waals surface area contributed by atoms with E-state index in [1.54, 1.807) is 7.05 Å². The lowest BCUT2D eigenvalue weighted by atomic mass is 10.6. The molecule has 1 N–H and O–H groups in total. The SMILES string of the molecule is Cn1cnc(S(=O)(=O)Nc2cc(Cl)ncn2)c1Cl. The average molecular weight is 308 g/mol. The van der Waals surface area contributed by atoms with Crippen molar-refractivity contribution < 1.29 is 8.42 Å². The van der Waals surface area contributed by atoms with E-state index in [4.69, 9.17) is 23.2 Å². The molecule has 0 amide bonds. The van der Waals surface area contributed by atoms with Crippen molar-refractivity contribution in [2.24, 2.45) is 7.05 Å². The van der Waals surface area contributed by atoms with Gasteiger partial charge in [0.2, 0.25) is 5.03 Å².